The number of hydrogen-bond donors (Lipinski definition) is 0. The van der Waals surface area contributed by atoms with Crippen molar-refractivity contribution in [2.75, 3.05) is 19.8 Å². The molecule has 2 fully saturated rings. The van der Waals surface area contributed by atoms with Gasteiger partial charge in [0.05, 0.1) is 18.8 Å². The van der Waals surface area contributed by atoms with Crippen LogP contribution in [0.5, 0.6) is 0 Å². The second-order valence-corrected chi connectivity index (χ2v) is 6.03. The van der Waals surface area contributed by atoms with Gasteiger partial charge in [0.25, 0.3) is 0 Å². The maximum absolute atomic E-state index is 12.6. The van der Waals surface area contributed by atoms with Crippen molar-refractivity contribution in [3.63, 3.8) is 0 Å². The molecule has 0 unspecified atom stereocenters. The summed E-state index contributed by atoms with van der Waals surface area (Å²) < 4.78 is 11.7. The van der Waals surface area contributed by atoms with Gasteiger partial charge < -0.3 is 14.4 Å². The smallest absolute Gasteiger partial charge is 0.223 e. The van der Waals surface area contributed by atoms with Crippen molar-refractivity contribution in [1.82, 2.24) is 4.90 Å². The summed E-state index contributed by atoms with van der Waals surface area (Å²) in [6, 6.07) is 0.223. The monoisotopic (exact) mass is 279 g/mol. The van der Waals surface area contributed by atoms with Gasteiger partial charge in [-0.2, -0.15) is 0 Å². The second-order valence-electron chi connectivity index (χ2n) is 6.03. The third kappa shape index (κ3) is 2.77. The van der Waals surface area contributed by atoms with Gasteiger partial charge in [0.15, 0.2) is 0 Å². The lowest BCUT2D eigenvalue weighted by atomic mass is 10.0. The summed E-state index contributed by atoms with van der Waals surface area (Å²) in [5.41, 5.74) is 0. The molecular weight excluding hydrogens is 254 g/mol. The predicted octanol–water partition coefficient (Wildman–Crippen LogP) is 2.14. The Morgan fingerprint density at radius 3 is 3.05 bits per heavy atom. The Labute approximate surface area is 121 Å². The molecule has 1 aliphatic heterocycles. The highest BCUT2D eigenvalue weighted by Gasteiger charge is 2.44. The van der Waals surface area contributed by atoms with Gasteiger partial charge in [-0.3, -0.25) is 4.79 Å². The van der Waals surface area contributed by atoms with Gasteiger partial charge in [0.1, 0.15) is 6.10 Å². The SMILES string of the molecule is CCO[C@@H]1[C@H]2CC[C@H]1OCCN2C(=O)C[C@@H]1C=CCC1. The molecule has 0 N–H and O–H groups in total. The Kier molecular flexibility index (Phi) is 4.41. The van der Waals surface area contributed by atoms with Gasteiger partial charge in [0, 0.05) is 19.6 Å². The van der Waals surface area contributed by atoms with Gasteiger partial charge in [-0.05, 0) is 38.5 Å². The van der Waals surface area contributed by atoms with Crippen LogP contribution in [0.3, 0.4) is 0 Å². The molecule has 0 aromatic heterocycles. The molecule has 1 saturated heterocycles. The topological polar surface area (TPSA) is 38.8 Å². The van der Waals surface area contributed by atoms with E-state index in [0.29, 0.717) is 25.6 Å². The first kappa shape index (κ1) is 14.1. The fourth-order valence-corrected chi connectivity index (χ4v) is 3.82. The first-order valence-corrected chi connectivity index (χ1v) is 7.99. The molecule has 3 rings (SSSR count). The van der Waals surface area contributed by atoms with Gasteiger partial charge in [-0.15, -0.1) is 0 Å². The molecule has 0 radical (unpaired) electrons. The van der Waals surface area contributed by atoms with E-state index in [0.717, 1.165) is 32.2 Å². The van der Waals surface area contributed by atoms with E-state index < -0.39 is 0 Å². The Balaban J connectivity index is 1.67. The van der Waals surface area contributed by atoms with Crippen LogP contribution < -0.4 is 0 Å². The minimum Gasteiger partial charge on any atom is -0.374 e. The average molecular weight is 279 g/mol. The van der Waals surface area contributed by atoms with Crippen LogP contribution in [-0.4, -0.2) is 48.8 Å². The quantitative estimate of drug-likeness (QED) is 0.740. The normalized spacial score (nSPS) is 36.4. The lowest BCUT2D eigenvalue weighted by Crippen LogP contribution is -2.46. The van der Waals surface area contributed by atoms with Gasteiger partial charge in [0.2, 0.25) is 5.91 Å². The number of fused-ring (bicyclic) bond motifs is 2. The van der Waals surface area contributed by atoms with E-state index in [-0.39, 0.29) is 24.2 Å². The summed E-state index contributed by atoms with van der Waals surface area (Å²) in [4.78, 5) is 14.7. The molecule has 112 valence electrons. The maximum atomic E-state index is 12.6. The molecule has 2 aliphatic carbocycles. The first-order chi connectivity index (χ1) is 9.79. The first-order valence-electron chi connectivity index (χ1n) is 7.99. The van der Waals surface area contributed by atoms with Crippen LogP contribution in [0, 0.1) is 5.92 Å². The molecule has 0 spiro atoms. The number of rotatable bonds is 4. The van der Waals surface area contributed by atoms with E-state index in [9.17, 15) is 4.79 Å². The summed E-state index contributed by atoms with van der Waals surface area (Å²) in [6.45, 7) is 4.07. The average Bonchev–Trinajstić information content (AvgIpc) is 2.99. The molecule has 0 aromatic rings. The van der Waals surface area contributed by atoms with Crippen molar-refractivity contribution >= 4 is 5.91 Å². The highest BCUT2D eigenvalue weighted by Crippen LogP contribution is 2.33. The molecule has 1 saturated carbocycles. The van der Waals surface area contributed by atoms with Crippen LogP contribution >= 0.6 is 0 Å². The van der Waals surface area contributed by atoms with Gasteiger partial charge in [-0.25, -0.2) is 0 Å². The van der Waals surface area contributed by atoms with E-state index >= 15 is 0 Å². The summed E-state index contributed by atoms with van der Waals surface area (Å²) in [6.07, 6.45) is 9.57. The number of hydrogen-bond acceptors (Lipinski definition) is 3. The zero-order chi connectivity index (χ0) is 13.9. The van der Waals surface area contributed by atoms with E-state index in [2.05, 4.69) is 12.2 Å². The molecular formula is C16H25NO3. The molecule has 20 heavy (non-hydrogen) atoms. The van der Waals surface area contributed by atoms with Crippen molar-refractivity contribution in [2.45, 2.75) is 57.3 Å². The third-order valence-electron chi connectivity index (χ3n) is 4.79. The number of carbonyl (C=O) groups is 1. The molecule has 0 aromatic carbocycles. The van der Waals surface area contributed by atoms with Crippen molar-refractivity contribution in [2.24, 2.45) is 5.92 Å². The Morgan fingerprint density at radius 2 is 2.30 bits per heavy atom. The van der Waals surface area contributed by atoms with Crippen LogP contribution in [0.2, 0.25) is 0 Å². The van der Waals surface area contributed by atoms with E-state index in [4.69, 9.17) is 9.47 Å². The predicted molar refractivity (Wildman–Crippen MR) is 76.4 cm³/mol. The summed E-state index contributed by atoms with van der Waals surface area (Å²) in [5.74, 6) is 0.719. The standard InChI is InChI=1S/C16H25NO3/c1-2-19-16-13-7-8-14(16)20-10-9-17(13)15(18)11-12-5-3-4-6-12/h3,5,12-14,16H,2,4,6-11H2,1H3/t12-,13-,14-,16-/m1/s1. The van der Waals surface area contributed by atoms with Crippen LogP contribution in [0.15, 0.2) is 12.2 Å². The summed E-state index contributed by atoms with van der Waals surface area (Å²) >= 11 is 0. The molecule has 4 nitrogen and oxygen atoms in total. The largest absolute Gasteiger partial charge is 0.374 e. The lowest BCUT2D eigenvalue weighted by molar-refractivity contribution is -0.136. The number of carbonyl (C=O) groups excluding carboxylic acids is 1. The van der Waals surface area contributed by atoms with Crippen molar-refractivity contribution in [3.8, 4) is 0 Å². The van der Waals surface area contributed by atoms with Crippen LogP contribution in [-0.2, 0) is 14.3 Å². The Bertz CT molecular complexity index is 382. The molecule has 1 amide bonds. The number of ether oxygens (including phenoxy) is 2. The number of allylic oxidation sites excluding steroid dienone is 2. The minimum atomic E-state index is 0.0746. The van der Waals surface area contributed by atoms with E-state index in [1.165, 1.54) is 0 Å². The summed E-state index contributed by atoms with van der Waals surface area (Å²) in [5, 5.41) is 0. The van der Waals surface area contributed by atoms with Gasteiger partial charge in [-0.1, -0.05) is 12.2 Å². The van der Waals surface area contributed by atoms with Crippen LogP contribution in [0.4, 0.5) is 0 Å². The Morgan fingerprint density at radius 1 is 1.40 bits per heavy atom. The van der Waals surface area contributed by atoms with Crippen molar-refractivity contribution in [1.29, 1.82) is 0 Å². The fraction of sp³-hybridized carbons (Fsp3) is 0.812. The fourth-order valence-electron chi connectivity index (χ4n) is 3.82. The second kappa shape index (κ2) is 6.27. The molecule has 4 atom stereocenters. The van der Waals surface area contributed by atoms with Crippen LogP contribution in [0.25, 0.3) is 0 Å². The van der Waals surface area contributed by atoms with Gasteiger partial charge >= 0.3 is 0 Å². The number of nitrogens with zero attached hydrogens (tertiary/aromatic N) is 1. The van der Waals surface area contributed by atoms with Crippen molar-refractivity contribution < 1.29 is 14.3 Å². The zero-order valence-electron chi connectivity index (χ0n) is 12.3. The lowest BCUT2D eigenvalue weighted by Gasteiger charge is -2.31. The van der Waals surface area contributed by atoms with Crippen molar-refractivity contribution in [3.05, 3.63) is 12.2 Å². The minimum absolute atomic E-state index is 0.0746. The van der Waals surface area contributed by atoms with Crippen LogP contribution in [0.1, 0.15) is 39.0 Å². The summed E-state index contributed by atoms with van der Waals surface area (Å²) in [7, 11) is 0. The third-order valence-corrected chi connectivity index (χ3v) is 4.79. The molecule has 1 heterocycles. The highest BCUT2D eigenvalue weighted by atomic mass is 16.5. The van der Waals surface area contributed by atoms with E-state index in [1.54, 1.807) is 0 Å². The highest BCUT2D eigenvalue weighted by molar-refractivity contribution is 5.77. The Hall–Kier alpha value is -0.870. The molecule has 4 heteroatoms. The molecule has 2 bridgehead atoms. The van der Waals surface area contributed by atoms with E-state index in [1.807, 2.05) is 11.8 Å². The molecule has 3 aliphatic rings. The zero-order valence-corrected chi connectivity index (χ0v) is 12.3. The maximum Gasteiger partial charge on any atom is 0.223 e. The number of amides is 1.